The molecule has 0 atom stereocenters. The maximum Gasteiger partial charge on any atom is 0.229 e. The third kappa shape index (κ3) is 8.23. The minimum atomic E-state index is -0.0662. The molecule has 1 heterocycles. The fourth-order valence-corrected chi connectivity index (χ4v) is 2.20. The summed E-state index contributed by atoms with van der Waals surface area (Å²) in [5.74, 6) is 0.591. The van der Waals surface area contributed by atoms with Crippen LogP contribution in [0.1, 0.15) is 40.0 Å². The molecule has 0 aromatic rings. The fourth-order valence-electron chi connectivity index (χ4n) is 2.01. The van der Waals surface area contributed by atoms with Crippen molar-refractivity contribution in [2.45, 2.75) is 44.8 Å². The average Bonchev–Trinajstić information content (AvgIpc) is 2.48. The summed E-state index contributed by atoms with van der Waals surface area (Å²) in [7, 11) is 0. The van der Waals surface area contributed by atoms with E-state index in [0.29, 0.717) is 38.9 Å². The molecule has 0 spiro atoms. The number of piperidine rings is 1. The lowest BCUT2D eigenvalue weighted by molar-refractivity contribution is -0.147. The highest BCUT2D eigenvalue weighted by Crippen LogP contribution is 2.20. The van der Waals surface area contributed by atoms with Gasteiger partial charge in [0.05, 0.1) is 6.54 Å². The van der Waals surface area contributed by atoms with Crippen molar-refractivity contribution in [3.8, 4) is 0 Å². The number of hydrogen-bond donors (Lipinski definition) is 2. The van der Waals surface area contributed by atoms with Crippen LogP contribution in [0.2, 0.25) is 0 Å². The second-order valence-electron chi connectivity index (χ2n) is 5.88. The van der Waals surface area contributed by atoms with Crippen molar-refractivity contribution in [3.05, 3.63) is 0 Å². The molecule has 1 aliphatic heterocycles. The molecule has 8 heteroatoms. The molecule has 1 rings (SSSR count). The number of thioether (sulfide) groups is 1. The smallest absolute Gasteiger partial charge is 0.229 e. The maximum atomic E-state index is 11.7. The first-order valence-corrected chi connectivity index (χ1v) is 9.02. The minimum absolute atomic E-state index is 0. The molecule has 0 bridgehead atoms. The number of nitrogens with one attached hydrogen (secondary N) is 2. The highest BCUT2D eigenvalue weighted by Gasteiger charge is 2.25. The van der Waals surface area contributed by atoms with Crippen LogP contribution < -0.4 is 10.6 Å². The third-order valence-corrected chi connectivity index (χ3v) is 4.76. The van der Waals surface area contributed by atoms with Crippen LogP contribution in [-0.2, 0) is 9.59 Å². The molecule has 0 saturated carbocycles. The van der Waals surface area contributed by atoms with Crippen LogP contribution >= 0.6 is 35.7 Å². The normalized spacial score (nSPS) is 16.2. The van der Waals surface area contributed by atoms with Gasteiger partial charge >= 0.3 is 0 Å². The summed E-state index contributed by atoms with van der Waals surface area (Å²) in [6.45, 7) is 8.69. The van der Waals surface area contributed by atoms with E-state index in [0.717, 1.165) is 12.5 Å². The van der Waals surface area contributed by atoms with Crippen molar-refractivity contribution in [1.82, 2.24) is 15.5 Å². The molecule has 1 saturated heterocycles. The number of hydrogen-bond acceptors (Lipinski definition) is 4. The molecular weight excluding hydrogens is 427 g/mol. The summed E-state index contributed by atoms with van der Waals surface area (Å²) in [6, 6.07) is 0. The number of amides is 2. The van der Waals surface area contributed by atoms with Gasteiger partial charge in [0.2, 0.25) is 11.8 Å². The van der Waals surface area contributed by atoms with Gasteiger partial charge in [-0.2, -0.15) is 11.8 Å². The molecular formula is C15H29IN4O2S. The summed E-state index contributed by atoms with van der Waals surface area (Å²) >= 11 is 1.77. The number of carbonyl (C=O) groups excluding carboxylic acids is 2. The van der Waals surface area contributed by atoms with Crippen LogP contribution in [0.4, 0.5) is 0 Å². The summed E-state index contributed by atoms with van der Waals surface area (Å²) in [5.41, 5.74) is 0. The molecule has 0 aromatic heterocycles. The van der Waals surface area contributed by atoms with E-state index < -0.39 is 0 Å². The van der Waals surface area contributed by atoms with Crippen molar-refractivity contribution in [3.63, 3.8) is 0 Å². The van der Waals surface area contributed by atoms with Gasteiger partial charge in [0.25, 0.3) is 0 Å². The summed E-state index contributed by atoms with van der Waals surface area (Å²) < 4.78 is 0.0845. The van der Waals surface area contributed by atoms with Crippen molar-refractivity contribution >= 4 is 53.5 Å². The van der Waals surface area contributed by atoms with Crippen LogP contribution in [0.15, 0.2) is 4.99 Å². The molecule has 23 heavy (non-hydrogen) atoms. The van der Waals surface area contributed by atoms with E-state index in [1.165, 1.54) is 4.90 Å². The number of carbonyl (C=O) groups is 2. The Morgan fingerprint density at radius 2 is 1.87 bits per heavy atom. The number of guanidine groups is 1. The van der Waals surface area contributed by atoms with Crippen LogP contribution in [0.25, 0.3) is 0 Å². The predicted octanol–water partition coefficient (Wildman–Crippen LogP) is 1.84. The average molecular weight is 456 g/mol. The monoisotopic (exact) mass is 456 g/mol. The van der Waals surface area contributed by atoms with E-state index in [-0.39, 0.29) is 40.5 Å². The van der Waals surface area contributed by atoms with Gasteiger partial charge < -0.3 is 10.6 Å². The SMILES string of the molecule is CCNC(=NCC(C)(C)SC)NCCN1C(=O)CCCC1=O.I. The summed E-state index contributed by atoms with van der Waals surface area (Å²) in [6.07, 6.45) is 3.70. The Kier molecular flexibility index (Phi) is 10.9. The number of likely N-dealkylation sites (tertiary alicyclic amines) is 1. The zero-order valence-corrected chi connectivity index (χ0v) is 17.6. The molecule has 0 aromatic carbocycles. The third-order valence-electron chi connectivity index (χ3n) is 3.53. The van der Waals surface area contributed by atoms with Gasteiger partial charge in [0.15, 0.2) is 5.96 Å². The molecule has 2 amide bonds. The van der Waals surface area contributed by atoms with Gasteiger partial charge in [-0.05, 0) is 33.4 Å². The predicted molar refractivity (Wildman–Crippen MR) is 108 cm³/mol. The van der Waals surface area contributed by atoms with E-state index in [1.54, 1.807) is 11.8 Å². The van der Waals surface area contributed by atoms with E-state index in [1.807, 2.05) is 6.92 Å². The maximum absolute atomic E-state index is 11.7. The van der Waals surface area contributed by atoms with Crippen LogP contribution in [0.3, 0.4) is 0 Å². The lowest BCUT2D eigenvalue weighted by Gasteiger charge is -2.25. The van der Waals surface area contributed by atoms with Crippen molar-refractivity contribution in [2.75, 3.05) is 32.4 Å². The van der Waals surface area contributed by atoms with Crippen molar-refractivity contribution in [2.24, 2.45) is 4.99 Å². The number of imide groups is 1. The zero-order chi connectivity index (χ0) is 16.6. The van der Waals surface area contributed by atoms with E-state index in [9.17, 15) is 9.59 Å². The molecule has 134 valence electrons. The van der Waals surface area contributed by atoms with Crippen molar-refractivity contribution in [1.29, 1.82) is 0 Å². The number of aliphatic imine (C=N–C) groups is 1. The molecule has 0 unspecified atom stereocenters. The topological polar surface area (TPSA) is 73.8 Å². The zero-order valence-electron chi connectivity index (χ0n) is 14.5. The Morgan fingerprint density at radius 3 is 2.39 bits per heavy atom. The number of rotatable bonds is 7. The highest BCUT2D eigenvalue weighted by molar-refractivity contribution is 14.0. The summed E-state index contributed by atoms with van der Waals surface area (Å²) in [5, 5.41) is 6.37. The second-order valence-corrected chi connectivity index (χ2v) is 7.39. The highest BCUT2D eigenvalue weighted by atomic mass is 127. The number of nitrogens with zero attached hydrogens (tertiary/aromatic N) is 2. The Labute approximate surface area is 160 Å². The largest absolute Gasteiger partial charge is 0.357 e. The standard InChI is InChI=1S/C15H28N4O2S.HI/c1-5-16-14(18-11-15(2,3)22-4)17-9-10-19-12(20)7-6-8-13(19)21;/h5-11H2,1-4H3,(H2,16,17,18);1H. The lowest BCUT2D eigenvalue weighted by atomic mass is 10.1. The van der Waals surface area contributed by atoms with Gasteiger partial charge in [-0.25, -0.2) is 0 Å². The Balaban J connectivity index is 0.00000484. The molecule has 6 nitrogen and oxygen atoms in total. The first-order chi connectivity index (χ1) is 10.4. The Bertz CT molecular complexity index is 414. The van der Waals surface area contributed by atoms with Crippen LogP contribution in [-0.4, -0.2) is 59.9 Å². The van der Waals surface area contributed by atoms with Crippen LogP contribution in [0.5, 0.6) is 0 Å². The fraction of sp³-hybridized carbons (Fsp3) is 0.800. The molecule has 2 N–H and O–H groups in total. The van der Waals surface area contributed by atoms with Gasteiger partial charge in [-0.1, -0.05) is 0 Å². The molecule has 1 aliphatic rings. The van der Waals surface area contributed by atoms with Crippen molar-refractivity contribution < 1.29 is 9.59 Å². The number of halogens is 1. The minimum Gasteiger partial charge on any atom is -0.357 e. The van der Waals surface area contributed by atoms with E-state index in [2.05, 4.69) is 35.7 Å². The molecule has 0 radical (unpaired) electrons. The van der Waals surface area contributed by atoms with Gasteiger partial charge in [-0.3, -0.25) is 19.5 Å². The first-order valence-electron chi connectivity index (χ1n) is 7.80. The quantitative estimate of drug-likeness (QED) is 0.265. The van der Waals surface area contributed by atoms with Gasteiger partial charge in [-0.15, -0.1) is 24.0 Å². The molecule has 0 aliphatic carbocycles. The first kappa shape index (κ1) is 22.5. The Morgan fingerprint density at radius 1 is 1.26 bits per heavy atom. The van der Waals surface area contributed by atoms with Crippen LogP contribution in [0, 0.1) is 0 Å². The Hall–Kier alpha value is -0.510. The summed E-state index contributed by atoms with van der Waals surface area (Å²) in [4.78, 5) is 29.4. The van der Waals surface area contributed by atoms with E-state index in [4.69, 9.17) is 0 Å². The van der Waals surface area contributed by atoms with Gasteiger partial charge in [0.1, 0.15) is 0 Å². The molecule has 1 fully saturated rings. The lowest BCUT2D eigenvalue weighted by Crippen LogP contribution is -2.46. The van der Waals surface area contributed by atoms with Gasteiger partial charge in [0, 0.05) is 37.2 Å². The van der Waals surface area contributed by atoms with E-state index >= 15 is 0 Å². The second kappa shape index (κ2) is 11.1.